The van der Waals surface area contributed by atoms with E-state index in [9.17, 15) is 14.3 Å². The zero-order valence-electron chi connectivity index (χ0n) is 10.6. The van der Waals surface area contributed by atoms with Crippen LogP contribution in [0.4, 0.5) is 4.39 Å². The van der Waals surface area contributed by atoms with E-state index in [1.165, 1.54) is 18.2 Å². The summed E-state index contributed by atoms with van der Waals surface area (Å²) in [5.74, 6) is -1.57. The van der Waals surface area contributed by atoms with Crippen LogP contribution in [0, 0.1) is 19.7 Å². The molecule has 0 saturated carbocycles. The van der Waals surface area contributed by atoms with Gasteiger partial charge in [-0.05, 0) is 50.3 Å². The van der Waals surface area contributed by atoms with Crippen LogP contribution in [0.5, 0.6) is 0 Å². The number of hydrogen-bond donors (Lipinski definition) is 0. The van der Waals surface area contributed by atoms with Crippen LogP contribution in [0.3, 0.4) is 0 Å². The third-order valence-corrected chi connectivity index (χ3v) is 2.80. The SMILES string of the molecule is Cc1nn(-c2ccc(F)cc2)c(C)c1/C=C/C(=O)[O-]. The van der Waals surface area contributed by atoms with Crippen molar-refractivity contribution in [2.45, 2.75) is 13.8 Å². The van der Waals surface area contributed by atoms with Crippen LogP contribution in [-0.2, 0) is 4.79 Å². The Kier molecular flexibility index (Phi) is 3.46. The van der Waals surface area contributed by atoms with Gasteiger partial charge in [0.25, 0.3) is 0 Å². The second-order valence-corrected chi connectivity index (χ2v) is 4.13. The van der Waals surface area contributed by atoms with Gasteiger partial charge in [0.15, 0.2) is 0 Å². The molecular weight excluding hydrogens is 247 g/mol. The van der Waals surface area contributed by atoms with Crippen LogP contribution in [0.25, 0.3) is 11.8 Å². The Morgan fingerprint density at radius 1 is 1.32 bits per heavy atom. The lowest BCUT2D eigenvalue weighted by Gasteiger charge is -2.04. The van der Waals surface area contributed by atoms with E-state index >= 15 is 0 Å². The summed E-state index contributed by atoms with van der Waals surface area (Å²) in [6.45, 7) is 3.60. The maximum Gasteiger partial charge on any atom is 0.123 e. The van der Waals surface area contributed by atoms with Gasteiger partial charge in [0.05, 0.1) is 17.4 Å². The zero-order valence-corrected chi connectivity index (χ0v) is 10.6. The van der Waals surface area contributed by atoms with Crippen LogP contribution in [0.1, 0.15) is 17.0 Å². The molecule has 19 heavy (non-hydrogen) atoms. The molecule has 98 valence electrons. The van der Waals surface area contributed by atoms with Gasteiger partial charge in [0, 0.05) is 11.3 Å². The Balaban J connectivity index is 2.46. The Hall–Kier alpha value is -2.43. The van der Waals surface area contributed by atoms with E-state index in [4.69, 9.17) is 0 Å². The fourth-order valence-corrected chi connectivity index (χ4v) is 1.88. The average Bonchev–Trinajstić information content (AvgIpc) is 2.63. The fourth-order valence-electron chi connectivity index (χ4n) is 1.88. The van der Waals surface area contributed by atoms with Crippen molar-refractivity contribution in [1.29, 1.82) is 0 Å². The standard InChI is InChI=1S/C14H13FN2O2/c1-9-13(7-8-14(18)19)10(2)17(16-9)12-5-3-11(15)4-6-12/h3-8H,1-2H3,(H,18,19)/p-1/b8-7+. The third-order valence-electron chi connectivity index (χ3n) is 2.80. The number of aliphatic carboxylic acids is 1. The first-order valence-corrected chi connectivity index (χ1v) is 5.70. The molecule has 0 amide bonds. The van der Waals surface area contributed by atoms with Gasteiger partial charge in [-0.3, -0.25) is 0 Å². The highest BCUT2D eigenvalue weighted by Crippen LogP contribution is 2.19. The molecule has 0 unspecified atom stereocenters. The van der Waals surface area contributed by atoms with Crippen LogP contribution in [0.15, 0.2) is 30.3 Å². The second-order valence-electron chi connectivity index (χ2n) is 4.13. The molecule has 0 saturated heterocycles. The summed E-state index contributed by atoms with van der Waals surface area (Å²) >= 11 is 0. The van der Waals surface area contributed by atoms with Crippen molar-refractivity contribution in [3.63, 3.8) is 0 Å². The van der Waals surface area contributed by atoms with Gasteiger partial charge in [-0.2, -0.15) is 5.10 Å². The third kappa shape index (κ3) is 2.70. The molecule has 0 aliphatic heterocycles. The molecule has 0 aliphatic carbocycles. The number of aryl methyl sites for hydroxylation is 1. The van der Waals surface area contributed by atoms with E-state index in [-0.39, 0.29) is 5.82 Å². The summed E-state index contributed by atoms with van der Waals surface area (Å²) in [6.07, 6.45) is 2.42. The summed E-state index contributed by atoms with van der Waals surface area (Å²) in [5.41, 5.74) is 2.91. The first-order valence-electron chi connectivity index (χ1n) is 5.70. The second kappa shape index (κ2) is 5.06. The molecule has 0 spiro atoms. The first kappa shape index (κ1) is 13.0. The Morgan fingerprint density at radius 2 is 1.95 bits per heavy atom. The maximum absolute atomic E-state index is 12.9. The van der Waals surface area contributed by atoms with Crippen LogP contribution in [-0.4, -0.2) is 15.7 Å². The monoisotopic (exact) mass is 259 g/mol. The minimum Gasteiger partial charge on any atom is -0.545 e. The number of aromatic nitrogens is 2. The number of hydrogen-bond acceptors (Lipinski definition) is 3. The highest BCUT2D eigenvalue weighted by molar-refractivity contribution is 5.84. The number of halogens is 1. The van der Waals surface area contributed by atoms with Gasteiger partial charge >= 0.3 is 0 Å². The van der Waals surface area contributed by atoms with Crippen molar-refractivity contribution in [3.8, 4) is 5.69 Å². The van der Waals surface area contributed by atoms with Crippen molar-refractivity contribution in [3.05, 3.63) is 53.1 Å². The molecule has 2 rings (SSSR count). The molecule has 0 radical (unpaired) electrons. The largest absolute Gasteiger partial charge is 0.545 e. The Bertz CT molecular complexity index is 642. The van der Waals surface area contributed by atoms with Crippen molar-refractivity contribution >= 4 is 12.0 Å². The predicted molar refractivity (Wildman–Crippen MR) is 67.0 cm³/mol. The smallest absolute Gasteiger partial charge is 0.123 e. The molecule has 1 aromatic carbocycles. The lowest BCUT2D eigenvalue weighted by Crippen LogP contribution is -2.18. The first-order chi connectivity index (χ1) is 8.99. The molecule has 2 aromatic rings. The summed E-state index contributed by atoms with van der Waals surface area (Å²) in [6, 6.07) is 5.92. The Morgan fingerprint density at radius 3 is 2.53 bits per heavy atom. The van der Waals surface area contributed by atoms with Gasteiger partial charge < -0.3 is 9.90 Å². The molecular formula is C14H12FN2O2-. The molecule has 1 heterocycles. The fraction of sp³-hybridized carbons (Fsp3) is 0.143. The predicted octanol–water partition coefficient (Wildman–Crippen LogP) is 1.39. The highest BCUT2D eigenvalue weighted by atomic mass is 19.1. The van der Waals surface area contributed by atoms with Crippen molar-refractivity contribution < 1.29 is 14.3 Å². The minimum absolute atomic E-state index is 0.317. The van der Waals surface area contributed by atoms with Gasteiger partial charge in [-0.25, -0.2) is 9.07 Å². The number of carboxylic acids is 1. The van der Waals surface area contributed by atoms with Crippen molar-refractivity contribution in [1.82, 2.24) is 9.78 Å². The molecule has 4 nitrogen and oxygen atoms in total. The number of carbonyl (C=O) groups is 1. The summed E-state index contributed by atoms with van der Waals surface area (Å²) in [7, 11) is 0. The van der Waals surface area contributed by atoms with E-state index in [0.717, 1.165) is 17.5 Å². The number of benzene rings is 1. The molecule has 0 atom stereocenters. The van der Waals surface area contributed by atoms with Crippen LogP contribution >= 0.6 is 0 Å². The average molecular weight is 259 g/mol. The summed E-state index contributed by atoms with van der Waals surface area (Å²) in [5, 5.41) is 14.8. The lowest BCUT2D eigenvalue weighted by atomic mass is 10.2. The normalized spacial score (nSPS) is 11.1. The Labute approximate surface area is 109 Å². The lowest BCUT2D eigenvalue weighted by molar-refractivity contribution is -0.297. The number of rotatable bonds is 3. The minimum atomic E-state index is -1.26. The van der Waals surface area contributed by atoms with Gasteiger partial charge in [-0.15, -0.1) is 0 Å². The van der Waals surface area contributed by atoms with E-state index in [1.807, 2.05) is 6.92 Å². The number of carboxylic acid groups (broad SMARTS) is 1. The summed E-state index contributed by atoms with van der Waals surface area (Å²) in [4.78, 5) is 10.4. The van der Waals surface area contributed by atoms with Crippen molar-refractivity contribution in [2.24, 2.45) is 0 Å². The molecule has 0 aliphatic rings. The van der Waals surface area contributed by atoms with Gasteiger partial charge in [-0.1, -0.05) is 0 Å². The maximum atomic E-state index is 12.9. The van der Waals surface area contributed by atoms with E-state index in [1.54, 1.807) is 23.7 Å². The molecule has 1 aromatic heterocycles. The van der Waals surface area contributed by atoms with Crippen LogP contribution in [0.2, 0.25) is 0 Å². The topological polar surface area (TPSA) is 58.0 Å². The van der Waals surface area contributed by atoms with Crippen LogP contribution < -0.4 is 5.11 Å². The van der Waals surface area contributed by atoms with Crippen molar-refractivity contribution in [2.75, 3.05) is 0 Å². The summed E-state index contributed by atoms with van der Waals surface area (Å²) < 4.78 is 14.5. The number of nitrogens with zero attached hydrogens (tertiary/aromatic N) is 2. The zero-order chi connectivity index (χ0) is 14.0. The van der Waals surface area contributed by atoms with Gasteiger partial charge in [0.1, 0.15) is 5.82 Å². The molecule has 0 N–H and O–H groups in total. The quantitative estimate of drug-likeness (QED) is 0.783. The van der Waals surface area contributed by atoms with E-state index < -0.39 is 5.97 Å². The van der Waals surface area contributed by atoms with E-state index in [0.29, 0.717) is 11.3 Å². The van der Waals surface area contributed by atoms with E-state index in [2.05, 4.69) is 5.10 Å². The molecule has 0 fully saturated rings. The van der Waals surface area contributed by atoms with Gasteiger partial charge in [0.2, 0.25) is 0 Å². The highest BCUT2D eigenvalue weighted by Gasteiger charge is 2.10. The number of carbonyl (C=O) groups excluding carboxylic acids is 1. The molecule has 0 bridgehead atoms. The molecule has 5 heteroatoms.